The van der Waals surface area contributed by atoms with Crippen LogP contribution in [-0.2, 0) is 6.42 Å². The molecule has 3 rings (SSSR count). The topological polar surface area (TPSA) is 46.8 Å². The maximum atomic E-state index is 14.5. The highest BCUT2D eigenvalue weighted by molar-refractivity contribution is 5.31. The maximum absolute atomic E-state index is 14.5. The van der Waals surface area contributed by atoms with E-state index in [1.807, 2.05) is 43.3 Å². The molecule has 0 unspecified atom stereocenters. The molecular weight excluding hydrogens is 329 g/mol. The highest BCUT2D eigenvalue weighted by Gasteiger charge is 2.27. The van der Waals surface area contributed by atoms with Crippen molar-refractivity contribution in [3.8, 4) is 5.82 Å². The smallest absolute Gasteiger partial charge is 0.156 e. The Morgan fingerprint density at radius 1 is 1.08 bits per heavy atom. The lowest BCUT2D eigenvalue weighted by Gasteiger charge is -2.24. The van der Waals surface area contributed by atoms with Gasteiger partial charge in [-0.3, -0.25) is 4.90 Å². The van der Waals surface area contributed by atoms with Gasteiger partial charge in [-0.05, 0) is 38.2 Å². The number of nitrogens with zero attached hydrogens (tertiary/aromatic N) is 5. The van der Waals surface area contributed by atoms with Crippen molar-refractivity contribution in [1.82, 2.24) is 24.6 Å². The average Bonchev–Trinajstić information content (AvgIpc) is 3.00. The lowest BCUT2D eigenvalue weighted by Crippen LogP contribution is -2.25. The van der Waals surface area contributed by atoms with Gasteiger partial charge in [0.05, 0.1) is 6.04 Å². The number of aromatic nitrogens is 4. The van der Waals surface area contributed by atoms with Crippen molar-refractivity contribution in [3.05, 3.63) is 71.7 Å². The van der Waals surface area contributed by atoms with Gasteiger partial charge >= 0.3 is 0 Å². The standard InChI is InChI=1S/C20H24FN5/c1-14(2)13-17-23-20(26(24-17)18-11-7-8-12-22-18)19(25(3)4)15-9-5-6-10-16(15)21/h5-12,14,19H,13H2,1-4H3/t19-/m0/s1. The van der Waals surface area contributed by atoms with Crippen molar-refractivity contribution in [2.24, 2.45) is 5.92 Å². The van der Waals surface area contributed by atoms with Gasteiger partial charge in [0, 0.05) is 18.2 Å². The monoisotopic (exact) mass is 353 g/mol. The SMILES string of the molecule is CC(C)Cc1nc([C@H](c2ccccc2F)N(C)C)n(-c2ccccn2)n1. The van der Waals surface area contributed by atoms with E-state index in [9.17, 15) is 4.39 Å². The number of benzene rings is 1. The van der Waals surface area contributed by atoms with E-state index in [4.69, 9.17) is 4.98 Å². The van der Waals surface area contributed by atoms with Crippen LogP contribution in [0, 0.1) is 11.7 Å². The van der Waals surface area contributed by atoms with Crippen LogP contribution in [0.3, 0.4) is 0 Å². The second kappa shape index (κ2) is 7.74. The number of rotatable bonds is 6. The second-order valence-electron chi connectivity index (χ2n) is 6.97. The van der Waals surface area contributed by atoms with Crippen molar-refractivity contribution in [3.63, 3.8) is 0 Å². The molecule has 2 heterocycles. The molecule has 0 fully saturated rings. The largest absolute Gasteiger partial charge is 0.296 e. The lowest BCUT2D eigenvalue weighted by atomic mass is 10.0. The Labute approximate surface area is 153 Å². The molecule has 0 radical (unpaired) electrons. The fraction of sp³-hybridized carbons (Fsp3) is 0.350. The Morgan fingerprint density at radius 3 is 2.42 bits per heavy atom. The van der Waals surface area contributed by atoms with E-state index < -0.39 is 0 Å². The predicted molar refractivity (Wildman–Crippen MR) is 99.6 cm³/mol. The fourth-order valence-electron chi connectivity index (χ4n) is 2.99. The minimum Gasteiger partial charge on any atom is -0.296 e. The molecule has 0 aliphatic heterocycles. The van der Waals surface area contributed by atoms with E-state index in [0.717, 1.165) is 12.2 Å². The summed E-state index contributed by atoms with van der Waals surface area (Å²) in [7, 11) is 3.83. The lowest BCUT2D eigenvalue weighted by molar-refractivity contribution is 0.317. The van der Waals surface area contributed by atoms with E-state index in [-0.39, 0.29) is 11.9 Å². The summed E-state index contributed by atoms with van der Waals surface area (Å²) >= 11 is 0. The number of hydrogen-bond acceptors (Lipinski definition) is 4. The minimum absolute atomic E-state index is 0.257. The predicted octanol–water partition coefficient (Wildman–Crippen LogP) is 3.65. The number of hydrogen-bond donors (Lipinski definition) is 0. The molecule has 2 aromatic heterocycles. The van der Waals surface area contributed by atoms with Gasteiger partial charge in [-0.15, -0.1) is 5.10 Å². The van der Waals surface area contributed by atoms with Gasteiger partial charge in [-0.2, -0.15) is 4.68 Å². The van der Waals surface area contributed by atoms with Crippen LogP contribution in [-0.4, -0.2) is 38.7 Å². The van der Waals surface area contributed by atoms with Gasteiger partial charge < -0.3 is 0 Å². The molecule has 0 spiro atoms. The fourth-order valence-corrected chi connectivity index (χ4v) is 2.99. The van der Waals surface area contributed by atoms with E-state index in [1.165, 1.54) is 6.07 Å². The molecule has 136 valence electrons. The minimum atomic E-state index is -0.369. The Bertz CT molecular complexity index is 858. The van der Waals surface area contributed by atoms with Gasteiger partial charge in [0.15, 0.2) is 17.5 Å². The van der Waals surface area contributed by atoms with E-state index in [1.54, 1.807) is 23.0 Å². The summed E-state index contributed by atoms with van der Waals surface area (Å²) in [5.41, 5.74) is 0.568. The van der Waals surface area contributed by atoms with Crippen LogP contribution >= 0.6 is 0 Å². The second-order valence-corrected chi connectivity index (χ2v) is 6.97. The molecule has 0 aliphatic carbocycles. The van der Waals surface area contributed by atoms with Crippen molar-refractivity contribution in [1.29, 1.82) is 0 Å². The highest BCUT2D eigenvalue weighted by atomic mass is 19.1. The first-order valence-corrected chi connectivity index (χ1v) is 8.75. The van der Waals surface area contributed by atoms with E-state index in [2.05, 4.69) is 23.9 Å². The molecule has 0 aliphatic rings. The van der Waals surface area contributed by atoms with Crippen LogP contribution < -0.4 is 0 Å². The first-order chi connectivity index (χ1) is 12.5. The average molecular weight is 353 g/mol. The first-order valence-electron chi connectivity index (χ1n) is 8.75. The Kier molecular flexibility index (Phi) is 5.42. The van der Waals surface area contributed by atoms with Crippen LogP contribution in [0.4, 0.5) is 4.39 Å². The molecule has 0 amide bonds. The summed E-state index contributed by atoms with van der Waals surface area (Å²) in [6.45, 7) is 4.25. The van der Waals surface area contributed by atoms with Gasteiger partial charge in [-0.25, -0.2) is 14.4 Å². The van der Waals surface area contributed by atoms with Gasteiger partial charge in [0.25, 0.3) is 0 Å². The molecule has 0 N–H and O–H groups in total. The zero-order valence-corrected chi connectivity index (χ0v) is 15.6. The zero-order chi connectivity index (χ0) is 18.7. The van der Waals surface area contributed by atoms with Crippen LogP contribution in [0.2, 0.25) is 0 Å². The Morgan fingerprint density at radius 2 is 1.81 bits per heavy atom. The van der Waals surface area contributed by atoms with E-state index in [0.29, 0.717) is 23.1 Å². The molecule has 26 heavy (non-hydrogen) atoms. The molecule has 3 aromatic rings. The third-order valence-electron chi connectivity index (χ3n) is 4.09. The molecule has 1 aromatic carbocycles. The van der Waals surface area contributed by atoms with Crippen LogP contribution in [0.5, 0.6) is 0 Å². The van der Waals surface area contributed by atoms with Crippen molar-refractivity contribution < 1.29 is 4.39 Å². The Hall–Kier alpha value is -2.60. The summed E-state index contributed by atoms with van der Waals surface area (Å²) in [5, 5.41) is 4.67. The van der Waals surface area contributed by atoms with Crippen molar-refractivity contribution in [2.75, 3.05) is 14.1 Å². The normalized spacial score (nSPS) is 12.7. The first kappa shape index (κ1) is 18.2. The summed E-state index contributed by atoms with van der Waals surface area (Å²) in [6.07, 6.45) is 2.47. The van der Waals surface area contributed by atoms with Crippen LogP contribution in [0.25, 0.3) is 5.82 Å². The van der Waals surface area contributed by atoms with Crippen LogP contribution in [0.15, 0.2) is 48.7 Å². The van der Waals surface area contributed by atoms with Crippen molar-refractivity contribution >= 4 is 0 Å². The van der Waals surface area contributed by atoms with Gasteiger partial charge in [0.2, 0.25) is 0 Å². The molecular formula is C20H24FN5. The van der Waals surface area contributed by atoms with Crippen LogP contribution in [0.1, 0.15) is 37.1 Å². The molecule has 0 saturated carbocycles. The molecule has 0 saturated heterocycles. The third-order valence-corrected chi connectivity index (χ3v) is 4.09. The zero-order valence-electron chi connectivity index (χ0n) is 15.6. The summed E-state index contributed by atoms with van der Waals surface area (Å²) in [6, 6.07) is 12.1. The Balaban J connectivity index is 2.17. The third kappa shape index (κ3) is 3.80. The van der Waals surface area contributed by atoms with Crippen molar-refractivity contribution in [2.45, 2.75) is 26.3 Å². The molecule has 0 bridgehead atoms. The molecule has 5 nitrogen and oxygen atoms in total. The molecule has 1 atom stereocenters. The summed E-state index contributed by atoms with van der Waals surface area (Å²) < 4.78 is 16.3. The maximum Gasteiger partial charge on any atom is 0.156 e. The highest BCUT2D eigenvalue weighted by Crippen LogP contribution is 2.29. The van der Waals surface area contributed by atoms with Gasteiger partial charge in [0.1, 0.15) is 5.82 Å². The molecule has 6 heteroatoms. The quantitative estimate of drug-likeness (QED) is 0.679. The number of pyridine rings is 1. The van der Waals surface area contributed by atoms with Gasteiger partial charge in [-0.1, -0.05) is 38.1 Å². The van der Waals surface area contributed by atoms with E-state index >= 15 is 0 Å². The number of halogens is 1. The summed E-state index contributed by atoms with van der Waals surface area (Å²) in [4.78, 5) is 11.1. The summed E-state index contributed by atoms with van der Waals surface area (Å²) in [5.74, 6) is 2.24.